The van der Waals surface area contributed by atoms with Crippen molar-refractivity contribution in [2.45, 2.75) is 11.5 Å². The molecule has 29 heavy (non-hydrogen) atoms. The van der Waals surface area contributed by atoms with Crippen LogP contribution in [0.3, 0.4) is 0 Å². The van der Waals surface area contributed by atoms with Gasteiger partial charge in [-0.3, -0.25) is 4.79 Å². The Morgan fingerprint density at radius 1 is 0.966 bits per heavy atom. The number of carboxylic acids is 1. The number of hydrogen-bond donors (Lipinski definition) is 1. The van der Waals surface area contributed by atoms with Gasteiger partial charge >= 0.3 is 5.97 Å². The van der Waals surface area contributed by atoms with Crippen LogP contribution in [0.1, 0.15) is 5.56 Å². The normalized spacial score (nSPS) is 10.6. The number of thioether (sulfide) groups is 1. The monoisotopic (exact) mass is 421 g/mol. The molecular formula is C20H14F3NO4S. The molecule has 0 saturated heterocycles. The standard InChI is InChI=1S/C20H14F3NO4S/c21-16-18(29-11-15(25)26)17(22)20(24-19(16)23)28-14-9-5-4-8-13(14)27-10-12-6-2-1-3-7-12/h1-9H,10-11H2,(H,25,26). The number of ether oxygens (including phenoxy) is 2. The minimum atomic E-state index is -1.60. The van der Waals surface area contributed by atoms with Crippen LogP contribution in [0.15, 0.2) is 59.5 Å². The summed E-state index contributed by atoms with van der Waals surface area (Å²) in [6.07, 6.45) is 0. The fourth-order valence-electron chi connectivity index (χ4n) is 2.30. The van der Waals surface area contributed by atoms with E-state index in [-0.39, 0.29) is 18.1 Å². The Balaban J connectivity index is 1.85. The van der Waals surface area contributed by atoms with Gasteiger partial charge < -0.3 is 14.6 Å². The second kappa shape index (κ2) is 9.33. The Kier molecular flexibility index (Phi) is 6.61. The van der Waals surface area contributed by atoms with Gasteiger partial charge in [0.05, 0.1) is 10.6 Å². The van der Waals surface area contributed by atoms with Crippen molar-refractivity contribution in [3.8, 4) is 17.4 Å². The van der Waals surface area contributed by atoms with Crippen LogP contribution in [-0.2, 0) is 11.4 Å². The van der Waals surface area contributed by atoms with E-state index in [1.54, 1.807) is 18.2 Å². The number of para-hydroxylation sites is 2. The lowest BCUT2D eigenvalue weighted by molar-refractivity contribution is -0.133. The maximum absolute atomic E-state index is 14.6. The van der Waals surface area contributed by atoms with E-state index in [0.29, 0.717) is 11.8 Å². The Hall–Kier alpha value is -3.20. The number of carbonyl (C=O) groups is 1. The SMILES string of the molecule is O=C(O)CSc1c(F)c(F)nc(Oc2ccccc2OCc2ccccc2)c1F. The van der Waals surface area contributed by atoms with Gasteiger partial charge in [-0.05, 0) is 17.7 Å². The van der Waals surface area contributed by atoms with E-state index in [4.69, 9.17) is 14.6 Å². The maximum atomic E-state index is 14.6. The van der Waals surface area contributed by atoms with E-state index in [2.05, 4.69) is 4.98 Å². The van der Waals surface area contributed by atoms with E-state index in [1.807, 2.05) is 30.3 Å². The summed E-state index contributed by atoms with van der Waals surface area (Å²) in [5.41, 5.74) is 0.881. The zero-order valence-corrected chi connectivity index (χ0v) is 15.6. The average molecular weight is 421 g/mol. The fourth-order valence-corrected chi connectivity index (χ4v) is 2.99. The molecule has 0 spiro atoms. The summed E-state index contributed by atoms with van der Waals surface area (Å²) in [5, 5.41) is 8.70. The van der Waals surface area contributed by atoms with Gasteiger partial charge in [-0.25, -0.2) is 4.39 Å². The van der Waals surface area contributed by atoms with Crippen molar-refractivity contribution >= 4 is 17.7 Å². The molecule has 5 nitrogen and oxygen atoms in total. The molecule has 1 aromatic heterocycles. The van der Waals surface area contributed by atoms with Crippen molar-refractivity contribution < 1.29 is 32.5 Å². The smallest absolute Gasteiger partial charge is 0.313 e. The summed E-state index contributed by atoms with van der Waals surface area (Å²) < 4.78 is 53.2. The molecule has 0 aliphatic carbocycles. The second-order valence-corrected chi connectivity index (χ2v) is 6.66. The van der Waals surface area contributed by atoms with Crippen molar-refractivity contribution in [3.05, 3.63) is 77.7 Å². The second-order valence-electron chi connectivity index (χ2n) is 5.67. The fraction of sp³-hybridized carbons (Fsp3) is 0.100. The third-order valence-corrected chi connectivity index (χ3v) is 4.64. The highest BCUT2D eigenvalue weighted by Crippen LogP contribution is 2.36. The molecule has 0 unspecified atom stereocenters. The molecule has 1 heterocycles. The lowest BCUT2D eigenvalue weighted by atomic mass is 10.2. The zero-order chi connectivity index (χ0) is 20.8. The summed E-state index contributed by atoms with van der Waals surface area (Å²) in [7, 11) is 0. The molecule has 0 fully saturated rings. The molecule has 2 aromatic carbocycles. The third kappa shape index (κ3) is 5.20. The topological polar surface area (TPSA) is 68.7 Å². The van der Waals surface area contributed by atoms with Gasteiger partial charge in [0.25, 0.3) is 11.8 Å². The molecule has 0 bridgehead atoms. The molecule has 3 rings (SSSR count). The summed E-state index contributed by atoms with van der Waals surface area (Å²) in [6.45, 7) is 0.203. The van der Waals surface area contributed by atoms with Crippen LogP contribution in [0, 0.1) is 17.6 Å². The average Bonchev–Trinajstić information content (AvgIpc) is 2.72. The number of pyridine rings is 1. The van der Waals surface area contributed by atoms with Gasteiger partial charge in [0.15, 0.2) is 17.3 Å². The van der Waals surface area contributed by atoms with Crippen molar-refractivity contribution in [2.75, 3.05) is 5.75 Å². The Labute approximate surface area is 168 Å². The predicted molar refractivity (Wildman–Crippen MR) is 99.8 cm³/mol. The van der Waals surface area contributed by atoms with Crippen LogP contribution >= 0.6 is 11.8 Å². The first-order valence-electron chi connectivity index (χ1n) is 8.28. The quantitative estimate of drug-likeness (QED) is 0.406. The maximum Gasteiger partial charge on any atom is 0.313 e. The molecule has 1 N–H and O–H groups in total. The van der Waals surface area contributed by atoms with Crippen LogP contribution in [-0.4, -0.2) is 21.8 Å². The first-order valence-corrected chi connectivity index (χ1v) is 9.27. The van der Waals surface area contributed by atoms with Crippen molar-refractivity contribution in [2.24, 2.45) is 0 Å². The summed E-state index contributed by atoms with van der Waals surface area (Å²) in [6, 6.07) is 15.5. The molecule has 3 aromatic rings. The van der Waals surface area contributed by atoms with E-state index >= 15 is 0 Å². The third-order valence-electron chi connectivity index (χ3n) is 3.60. The van der Waals surface area contributed by atoms with Gasteiger partial charge in [-0.1, -0.05) is 42.5 Å². The van der Waals surface area contributed by atoms with Crippen LogP contribution in [0.5, 0.6) is 17.4 Å². The van der Waals surface area contributed by atoms with Gasteiger partial charge in [-0.2, -0.15) is 13.8 Å². The summed E-state index contributed by atoms with van der Waals surface area (Å²) in [4.78, 5) is 13.0. The molecular weight excluding hydrogens is 407 g/mol. The van der Waals surface area contributed by atoms with Crippen molar-refractivity contribution in [1.82, 2.24) is 4.98 Å². The van der Waals surface area contributed by atoms with Crippen LogP contribution in [0.4, 0.5) is 13.2 Å². The Bertz CT molecular complexity index is 1020. The molecule has 0 saturated carbocycles. The molecule has 0 amide bonds. The molecule has 150 valence electrons. The van der Waals surface area contributed by atoms with E-state index in [9.17, 15) is 18.0 Å². The van der Waals surface area contributed by atoms with Gasteiger partial charge in [0.2, 0.25) is 5.82 Å². The van der Waals surface area contributed by atoms with Crippen LogP contribution < -0.4 is 9.47 Å². The van der Waals surface area contributed by atoms with Gasteiger partial charge in [0.1, 0.15) is 6.61 Å². The molecule has 0 atom stereocenters. The zero-order valence-electron chi connectivity index (χ0n) is 14.8. The highest BCUT2D eigenvalue weighted by atomic mass is 32.2. The minimum absolute atomic E-state index is 0.0371. The highest BCUT2D eigenvalue weighted by Gasteiger charge is 2.24. The van der Waals surface area contributed by atoms with Gasteiger partial charge in [-0.15, -0.1) is 11.8 Å². The van der Waals surface area contributed by atoms with E-state index in [1.165, 1.54) is 6.07 Å². The van der Waals surface area contributed by atoms with Gasteiger partial charge in [0, 0.05) is 0 Å². The summed E-state index contributed by atoms with van der Waals surface area (Å²) in [5.74, 6) is -6.99. The highest BCUT2D eigenvalue weighted by molar-refractivity contribution is 8.00. The number of rotatable bonds is 8. The number of nitrogens with zero attached hydrogens (tertiary/aromatic N) is 1. The number of aliphatic carboxylic acids is 1. The van der Waals surface area contributed by atoms with Crippen LogP contribution in [0.2, 0.25) is 0 Å². The molecule has 0 aliphatic rings. The Morgan fingerprint density at radius 2 is 1.62 bits per heavy atom. The molecule has 0 aliphatic heterocycles. The number of hydrogen-bond acceptors (Lipinski definition) is 5. The predicted octanol–water partition coefficient (Wildman–Crippen LogP) is 5.05. The molecule has 0 radical (unpaired) electrons. The number of benzene rings is 2. The number of aromatic nitrogens is 1. The number of carboxylic acid groups (broad SMARTS) is 1. The van der Waals surface area contributed by atoms with E-state index < -0.39 is 40.1 Å². The van der Waals surface area contributed by atoms with Crippen molar-refractivity contribution in [1.29, 1.82) is 0 Å². The van der Waals surface area contributed by atoms with Crippen LogP contribution in [0.25, 0.3) is 0 Å². The van der Waals surface area contributed by atoms with Crippen molar-refractivity contribution in [3.63, 3.8) is 0 Å². The molecule has 9 heteroatoms. The Morgan fingerprint density at radius 3 is 2.31 bits per heavy atom. The lowest BCUT2D eigenvalue weighted by Crippen LogP contribution is -2.05. The summed E-state index contributed by atoms with van der Waals surface area (Å²) >= 11 is 0.292. The van der Waals surface area contributed by atoms with E-state index in [0.717, 1.165) is 5.56 Å². The minimum Gasteiger partial charge on any atom is -0.485 e. The first kappa shape index (κ1) is 20.5. The lowest BCUT2D eigenvalue weighted by Gasteiger charge is -2.13. The first-order chi connectivity index (χ1) is 14.0. The largest absolute Gasteiger partial charge is 0.485 e. The number of halogens is 3.